The van der Waals surface area contributed by atoms with Gasteiger partial charge in [-0.05, 0) is 48.5 Å². The highest BCUT2D eigenvalue weighted by atomic mass is 19.4. The van der Waals surface area contributed by atoms with Gasteiger partial charge in [-0.15, -0.1) is 0 Å². The van der Waals surface area contributed by atoms with Crippen molar-refractivity contribution in [2.75, 3.05) is 5.32 Å². The van der Waals surface area contributed by atoms with Crippen LogP contribution in [0.2, 0.25) is 0 Å². The van der Waals surface area contributed by atoms with Crippen LogP contribution in [0.4, 0.5) is 23.2 Å². The minimum Gasteiger partial charge on any atom is -0.362 e. The normalized spacial score (nSPS) is 11.6. The zero-order chi connectivity index (χ0) is 16.2. The number of rotatable bonds is 4. The molecule has 2 aromatic carbocycles. The number of alkyl halides is 3. The summed E-state index contributed by atoms with van der Waals surface area (Å²) in [6.07, 6.45) is -1.86. The summed E-state index contributed by atoms with van der Waals surface area (Å²) < 4.78 is 49.9. The number of hydrogen-bond donors (Lipinski definition) is 1. The summed E-state index contributed by atoms with van der Waals surface area (Å²) >= 11 is 0. The van der Waals surface area contributed by atoms with Gasteiger partial charge >= 0.3 is 6.18 Å². The van der Waals surface area contributed by atoms with Crippen molar-refractivity contribution >= 4 is 11.5 Å². The second-order valence-corrected chi connectivity index (χ2v) is 4.42. The van der Waals surface area contributed by atoms with Crippen molar-refractivity contribution < 1.29 is 22.4 Å². The maximum Gasteiger partial charge on any atom is 0.416 e. The van der Waals surface area contributed by atoms with E-state index in [2.05, 4.69) is 5.32 Å². The van der Waals surface area contributed by atoms with Gasteiger partial charge in [-0.3, -0.25) is 4.79 Å². The Morgan fingerprint density at radius 3 is 2.09 bits per heavy atom. The standard InChI is InChI=1S/C16H11F4NO/c17-13-5-1-11(2-6-13)15(22)9-10-21-14-7-3-12(4-8-14)16(18,19)20/h1-10,21H/b10-9-. The quantitative estimate of drug-likeness (QED) is 0.506. The zero-order valence-corrected chi connectivity index (χ0v) is 11.2. The Bertz CT molecular complexity index is 673. The maximum atomic E-state index is 12.7. The molecule has 0 unspecified atom stereocenters. The lowest BCUT2D eigenvalue weighted by Crippen LogP contribution is -2.04. The molecule has 0 aliphatic carbocycles. The highest BCUT2D eigenvalue weighted by molar-refractivity contribution is 6.04. The molecule has 1 N–H and O–H groups in total. The first-order chi connectivity index (χ1) is 10.4. The molecule has 0 aliphatic heterocycles. The van der Waals surface area contributed by atoms with E-state index in [-0.39, 0.29) is 5.78 Å². The minimum absolute atomic E-state index is 0.312. The molecule has 0 heterocycles. The van der Waals surface area contributed by atoms with Crippen LogP contribution >= 0.6 is 0 Å². The van der Waals surface area contributed by atoms with Crippen molar-refractivity contribution in [1.29, 1.82) is 0 Å². The molecule has 0 saturated heterocycles. The number of nitrogens with one attached hydrogen (secondary N) is 1. The van der Waals surface area contributed by atoms with Gasteiger partial charge in [-0.1, -0.05) is 0 Å². The van der Waals surface area contributed by atoms with E-state index >= 15 is 0 Å². The molecule has 6 heteroatoms. The fraction of sp³-hybridized carbons (Fsp3) is 0.0625. The van der Waals surface area contributed by atoms with Crippen molar-refractivity contribution in [3.05, 3.63) is 77.8 Å². The Balaban J connectivity index is 1.97. The van der Waals surface area contributed by atoms with Crippen molar-refractivity contribution in [3.63, 3.8) is 0 Å². The molecule has 0 radical (unpaired) electrons. The van der Waals surface area contributed by atoms with E-state index < -0.39 is 17.6 Å². The van der Waals surface area contributed by atoms with E-state index in [0.29, 0.717) is 11.3 Å². The highest BCUT2D eigenvalue weighted by Gasteiger charge is 2.29. The van der Waals surface area contributed by atoms with Gasteiger partial charge in [0.25, 0.3) is 0 Å². The van der Waals surface area contributed by atoms with Crippen LogP contribution in [0.1, 0.15) is 15.9 Å². The molecule has 2 aromatic rings. The number of carbonyl (C=O) groups is 1. The maximum absolute atomic E-state index is 12.7. The summed E-state index contributed by atoms with van der Waals surface area (Å²) in [5.41, 5.74) is -0.0209. The van der Waals surface area contributed by atoms with E-state index in [1.807, 2.05) is 0 Å². The summed E-state index contributed by atoms with van der Waals surface area (Å²) in [6.45, 7) is 0. The molecule has 2 nitrogen and oxygen atoms in total. The first-order valence-corrected chi connectivity index (χ1v) is 6.26. The van der Waals surface area contributed by atoms with Crippen molar-refractivity contribution in [3.8, 4) is 0 Å². The molecular weight excluding hydrogens is 298 g/mol. The lowest BCUT2D eigenvalue weighted by molar-refractivity contribution is -0.137. The van der Waals surface area contributed by atoms with Gasteiger partial charge in [0.05, 0.1) is 5.56 Å². The molecule has 0 aliphatic rings. The van der Waals surface area contributed by atoms with Crippen LogP contribution in [0, 0.1) is 5.82 Å². The van der Waals surface area contributed by atoms with Gasteiger partial charge in [0.15, 0.2) is 5.78 Å². The van der Waals surface area contributed by atoms with Crippen LogP contribution in [0.3, 0.4) is 0 Å². The van der Waals surface area contributed by atoms with Crippen molar-refractivity contribution in [1.82, 2.24) is 0 Å². The Morgan fingerprint density at radius 2 is 1.55 bits per heavy atom. The third-order valence-corrected chi connectivity index (χ3v) is 2.83. The van der Waals surface area contributed by atoms with E-state index in [4.69, 9.17) is 0 Å². The average Bonchev–Trinajstić information content (AvgIpc) is 2.47. The predicted octanol–water partition coefficient (Wildman–Crippen LogP) is 4.65. The smallest absolute Gasteiger partial charge is 0.362 e. The summed E-state index contributed by atoms with van der Waals surface area (Å²) in [6, 6.07) is 9.44. The number of benzene rings is 2. The van der Waals surface area contributed by atoms with E-state index in [0.717, 1.165) is 12.1 Å². The van der Waals surface area contributed by atoms with Gasteiger partial charge < -0.3 is 5.32 Å². The predicted molar refractivity (Wildman–Crippen MR) is 74.9 cm³/mol. The molecular formula is C16H11F4NO. The van der Waals surface area contributed by atoms with Gasteiger partial charge in [-0.2, -0.15) is 13.2 Å². The zero-order valence-electron chi connectivity index (χ0n) is 11.2. The van der Waals surface area contributed by atoms with Crippen LogP contribution in [-0.4, -0.2) is 5.78 Å². The molecule has 22 heavy (non-hydrogen) atoms. The molecule has 0 bridgehead atoms. The monoisotopic (exact) mass is 309 g/mol. The Hall–Kier alpha value is -2.63. The Labute approximate surface area is 124 Å². The highest BCUT2D eigenvalue weighted by Crippen LogP contribution is 2.29. The largest absolute Gasteiger partial charge is 0.416 e. The van der Waals surface area contributed by atoms with Gasteiger partial charge in [0, 0.05) is 23.5 Å². The van der Waals surface area contributed by atoms with Gasteiger partial charge in [0.1, 0.15) is 5.82 Å². The number of anilines is 1. The van der Waals surface area contributed by atoms with Crippen LogP contribution in [-0.2, 0) is 6.18 Å². The molecule has 0 fully saturated rings. The first-order valence-electron chi connectivity index (χ1n) is 6.26. The summed E-state index contributed by atoms with van der Waals surface area (Å²) in [5, 5.41) is 2.69. The van der Waals surface area contributed by atoms with E-state index in [1.165, 1.54) is 48.7 Å². The Kier molecular flexibility index (Phi) is 4.60. The summed E-state index contributed by atoms with van der Waals surface area (Å²) in [5.74, 6) is -0.789. The van der Waals surface area contributed by atoms with Gasteiger partial charge in [-0.25, -0.2) is 4.39 Å². The molecule has 2 rings (SSSR count). The second kappa shape index (κ2) is 6.43. The van der Waals surface area contributed by atoms with Crippen LogP contribution in [0.15, 0.2) is 60.8 Å². The fourth-order valence-electron chi connectivity index (χ4n) is 1.68. The average molecular weight is 309 g/mol. The number of allylic oxidation sites excluding steroid dienone is 1. The van der Waals surface area contributed by atoms with Crippen molar-refractivity contribution in [2.24, 2.45) is 0 Å². The van der Waals surface area contributed by atoms with E-state index in [1.54, 1.807) is 0 Å². The topological polar surface area (TPSA) is 29.1 Å². The third kappa shape index (κ3) is 4.18. The molecule has 0 saturated carbocycles. The summed E-state index contributed by atoms with van der Waals surface area (Å²) in [4.78, 5) is 11.7. The SMILES string of the molecule is O=C(/C=C\Nc1ccc(C(F)(F)F)cc1)c1ccc(F)cc1. The van der Waals surface area contributed by atoms with Crippen LogP contribution in [0.25, 0.3) is 0 Å². The lowest BCUT2D eigenvalue weighted by Gasteiger charge is -2.07. The van der Waals surface area contributed by atoms with Crippen molar-refractivity contribution in [2.45, 2.75) is 6.18 Å². The number of ketones is 1. The van der Waals surface area contributed by atoms with Gasteiger partial charge in [0.2, 0.25) is 0 Å². The molecule has 0 amide bonds. The molecule has 0 atom stereocenters. The lowest BCUT2D eigenvalue weighted by atomic mass is 10.1. The fourth-order valence-corrected chi connectivity index (χ4v) is 1.68. The number of halogens is 4. The minimum atomic E-state index is -4.38. The van der Waals surface area contributed by atoms with Crippen LogP contribution < -0.4 is 5.32 Å². The van der Waals surface area contributed by atoms with E-state index in [9.17, 15) is 22.4 Å². The second-order valence-electron chi connectivity index (χ2n) is 4.42. The number of hydrogen-bond acceptors (Lipinski definition) is 2. The third-order valence-electron chi connectivity index (χ3n) is 2.83. The Morgan fingerprint density at radius 1 is 0.955 bits per heavy atom. The first kappa shape index (κ1) is 15.8. The molecule has 0 aromatic heterocycles. The van der Waals surface area contributed by atoms with Crippen LogP contribution in [0.5, 0.6) is 0 Å². The number of carbonyl (C=O) groups excluding carboxylic acids is 1. The summed E-state index contributed by atoms with van der Waals surface area (Å²) in [7, 11) is 0. The molecule has 0 spiro atoms. The molecule has 114 valence electrons.